The summed E-state index contributed by atoms with van der Waals surface area (Å²) in [6.45, 7) is 20.4. The largest absolute Gasteiger partial charge is 0.329 e. The van der Waals surface area contributed by atoms with Crippen LogP contribution < -0.4 is 11.1 Å². The maximum atomic E-state index is 10.8. The van der Waals surface area contributed by atoms with Crippen molar-refractivity contribution in [2.45, 2.75) is 115 Å². The smallest absolute Gasteiger partial charge is 0.0425 e. The highest BCUT2D eigenvalue weighted by atomic mass is 16.5. The number of hydrogen-bond acceptors (Lipinski definition) is 7. The molecule has 0 bridgehead atoms. The molecule has 172 valence electrons. The molecule has 2 fully saturated rings. The summed E-state index contributed by atoms with van der Waals surface area (Å²) in [6, 6.07) is 0.759. The molecule has 2 aliphatic heterocycles. The molecular formula is C22H47N5O2. The van der Waals surface area contributed by atoms with E-state index in [0.29, 0.717) is 18.6 Å². The Morgan fingerprint density at radius 2 is 1.10 bits per heavy atom. The quantitative estimate of drug-likeness (QED) is 0.477. The molecule has 0 aromatic carbocycles. The van der Waals surface area contributed by atoms with Gasteiger partial charge in [-0.1, -0.05) is 0 Å². The van der Waals surface area contributed by atoms with E-state index in [1.807, 2.05) is 0 Å². The Bertz CT molecular complexity index is 471. The minimum absolute atomic E-state index is 0.280. The third kappa shape index (κ3) is 5.50. The number of rotatable bonds is 7. The lowest BCUT2D eigenvalue weighted by Gasteiger charge is -2.58. The van der Waals surface area contributed by atoms with Crippen molar-refractivity contribution in [3.63, 3.8) is 0 Å². The zero-order valence-corrected chi connectivity index (χ0v) is 20.1. The topological polar surface area (TPSA) is 88.2 Å². The molecule has 7 nitrogen and oxygen atoms in total. The van der Waals surface area contributed by atoms with Crippen molar-refractivity contribution in [2.24, 2.45) is 5.73 Å². The van der Waals surface area contributed by atoms with Gasteiger partial charge in [-0.25, -0.2) is 0 Å². The molecule has 0 amide bonds. The van der Waals surface area contributed by atoms with Crippen LogP contribution in [0.25, 0.3) is 0 Å². The molecule has 0 saturated carbocycles. The monoisotopic (exact) mass is 413 g/mol. The van der Waals surface area contributed by atoms with Crippen LogP contribution in [0.1, 0.15) is 81.1 Å². The van der Waals surface area contributed by atoms with Gasteiger partial charge in [0.2, 0.25) is 0 Å². The summed E-state index contributed by atoms with van der Waals surface area (Å²) in [5.41, 5.74) is 4.54. The Balaban J connectivity index is 2.29. The summed E-state index contributed by atoms with van der Waals surface area (Å²) in [5, 5.41) is 28.1. The normalized spacial score (nSPS) is 28.1. The molecule has 0 aromatic heterocycles. The zero-order chi connectivity index (χ0) is 22.3. The maximum Gasteiger partial charge on any atom is 0.0425 e. The lowest BCUT2D eigenvalue weighted by atomic mass is 9.74. The molecule has 2 aliphatic rings. The molecule has 0 atom stereocenters. The summed E-state index contributed by atoms with van der Waals surface area (Å²) in [7, 11) is 0. The van der Waals surface area contributed by atoms with E-state index >= 15 is 0 Å². The van der Waals surface area contributed by atoms with Gasteiger partial charge in [0.1, 0.15) is 0 Å². The fourth-order valence-corrected chi connectivity index (χ4v) is 6.00. The number of piperidine rings is 2. The second-order valence-electron chi connectivity index (χ2n) is 11.8. The van der Waals surface area contributed by atoms with Gasteiger partial charge in [0.05, 0.1) is 0 Å². The van der Waals surface area contributed by atoms with Crippen LogP contribution in [-0.2, 0) is 0 Å². The fraction of sp³-hybridized carbons (Fsp3) is 1.00. The van der Waals surface area contributed by atoms with Crippen LogP contribution in [0.3, 0.4) is 0 Å². The van der Waals surface area contributed by atoms with E-state index in [1.165, 1.54) is 0 Å². The molecule has 5 N–H and O–H groups in total. The van der Waals surface area contributed by atoms with Gasteiger partial charge in [-0.3, -0.25) is 4.90 Å². The molecule has 0 aromatic rings. The minimum Gasteiger partial charge on any atom is -0.329 e. The van der Waals surface area contributed by atoms with E-state index in [1.54, 1.807) is 10.1 Å². The Morgan fingerprint density at radius 1 is 0.759 bits per heavy atom. The van der Waals surface area contributed by atoms with Crippen LogP contribution in [0.2, 0.25) is 0 Å². The number of hydrogen-bond donors (Lipinski definition) is 4. The number of hydroxylamine groups is 4. The lowest BCUT2D eigenvalue weighted by molar-refractivity contribution is -0.266. The van der Waals surface area contributed by atoms with Crippen molar-refractivity contribution in [1.29, 1.82) is 0 Å². The lowest BCUT2D eigenvalue weighted by Crippen LogP contribution is -2.67. The predicted molar refractivity (Wildman–Crippen MR) is 118 cm³/mol. The average Bonchev–Trinajstić information content (AvgIpc) is 2.56. The minimum atomic E-state index is -0.280. The molecule has 2 heterocycles. The Hall–Kier alpha value is -0.280. The first kappa shape index (κ1) is 25.0. The highest BCUT2D eigenvalue weighted by Crippen LogP contribution is 2.43. The van der Waals surface area contributed by atoms with Crippen LogP contribution in [0, 0.1) is 0 Å². The summed E-state index contributed by atoms with van der Waals surface area (Å²) < 4.78 is 0. The van der Waals surface area contributed by atoms with Crippen LogP contribution in [0.15, 0.2) is 0 Å². The van der Waals surface area contributed by atoms with Crippen molar-refractivity contribution in [3.05, 3.63) is 0 Å². The summed E-state index contributed by atoms with van der Waals surface area (Å²) >= 11 is 0. The van der Waals surface area contributed by atoms with Gasteiger partial charge in [-0.05, 0) is 81.1 Å². The van der Waals surface area contributed by atoms with E-state index in [0.717, 1.165) is 45.3 Å². The molecule has 0 unspecified atom stereocenters. The van der Waals surface area contributed by atoms with Gasteiger partial charge in [-0.2, -0.15) is 10.1 Å². The fourth-order valence-electron chi connectivity index (χ4n) is 6.00. The number of nitrogens with one attached hydrogen (secondary N) is 1. The van der Waals surface area contributed by atoms with E-state index < -0.39 is 0 Å². The maximum absolute atomic E-state index is 10.8. The van der Waals surface area contributed by atoms with Gasteiger partial charge in [0, 0.05) is 60.4 Å². The van der Waals surface area contributed by atoms with Gasteiger partial charge in [0.15, 0.2) is 0 Å². The highest BCUT2D eigenvalue weighted by molar-refractivity contribution is 5.04. The van der Waals surface area contributed by atoms with Crippen molar-refractivity contribution in [2.75, 3.05) is 26.2 Å². The SMILES string of the molecule is CC1(C)CC(N(CCNCCN)C2CC(C)(C)N(O)C(C)(C)C2)CC(C)(C)N1O. The van der Waals surface area contributed by atoms with Gasteiger partial charge in [0.25, 0.3) is 0 Å². The third-order valence-corrected chi connectivity index (χ3v) is 7.04. The molecule has 2 rings (SSSR count). The molecule has 0 radical (unpaired) electrons. The van der Waals surface area contributed by atoms with E-state index in [9.17, 15) is 10.4 Å². The Labute approximate surface area is 178 Å². The van der Waals surface area contributed by atoms with Crippen LogP contribution in [0.4, 0.5) is 0 Å². The van der Waals surface area contributed by atoms with Gasteiger partial charge in [-0.15, -0.1) is 0 Å². The van der Waals surface area contributed by atoms with Crippen LogP contribution in [0.5, 0.6) is 0 Å². The third-order valence-electron chi connectivity index (χ3n) is 7.04. The number of nitrogens with zero attached hydrogens (tertiary/aromatic N) is 3. The number of nitrogens with two attached hydrogens (primary N) is 1. The first-order valence-corrected chi connectivity index (χ1v) is 11.3. The Kier molecular flexibility index (Phi) is 7.49. The molecule has 0 aliphatic carbocycles. The zero-order valence-electron chi connectivity index (χ0n) is 20.1. The molecule has 2 saturated heterocycles. The Morgan fingerprint density at radius 3 is 1.41 bits per heavy atom. The van der Waals surface area contributed by atoms with Crippen molar-refractivity contribution in [3.8, 4) is 0 Å². The first-order valence-electron chi connectivity index (χ1n) is 11.3. The summed E-state index contributed by atoms with van der Waals surface area (Å²) in [4.78, 5) is 2.66. The van der Waals surface area contributed by atoms with E-state index in [-0.39, 0.29) is 22.2 Å². The standard InChI is InChI=1S/C22H47N5O2/c1-19(2)13-17(14-20(3,4)26(19)28)25(12-11-24-10-9-23)18-15-21(5,6)27(29)22(7,8)16-18/h17-18,24,28-29H,9-16,23H2,1-8H3. The molecule has 7 heteroatoms. The van der Waals surface area contributed by atoms with Crippen molar-refractivity contribution >= 4 is 0 Å². The van der Waals surface area contributed by atoms with Crippen LogP contribution in [-0.4, -0.2) is 85.9 Å². The molecule has 29 heavy (non-hydrogen) atoms. The van der Waals surface area contributed by atoms with E-state index in [4.69, 9.17) is 5.73 Å². The average molecular weight is 414 g/mol. The van der Waals surface area contributed by atoms with Crippen molar-refractivity contribution < 1.29 is 10.4 Å². The van der Waals surface area contributed by atoms with Crippen molar-refractivity contribution in [1.82, 2.24) is 20.3 Å². The van der Waals surface area contributed by atoms with Crippen LogP contribution >= 0.6 is 0 Å². The van der Waals surface area contributed by atoms with Gasteiger partial charge >= 0.3 is 0 Å². The van der Waals surface area contributed by atoms with E-state index in [2.05, 4.69) is 65.6 Å². The second-order valence-corrected chi connectivity index (χ2v) is 11.8. The summed E-state index contributed by atoms with van der Waals surface area (Å²) in [6.07, 6.45) is 3.68. The predicted octanol–water partition coefficient (Wildman–Crippen LogP) is 2.66. The summed E-state index contributed by atoms with van der Waals surface area (Å²) in [5.74, 6) is 0. The molecular weight excluding hydrogens is 366 g/mol. The second kappa shape index (κ2) is 8.69. The van der Waals surface area contributed by atoms with Gasteiger partial charge < -0.3 is 21.5 Å². The first-order chi connectivity index (χ1) is 13.1. The molecule has 0 spiro atoms. The highest BCUT2D eigenvalue weighted by Gasteiger charge is 2.51.